The van der Waals surface area contributed by atoms with Gasteiger partial charge in [0, 0.05) is 12.6 Å². The van der Waals surface area contributed by atoms with Crippen LogP contribution in [0.1, 0.15) is 48.6 Å². The summed E-state index contributed by atoms with van der Waals surface area (Å²) in [5.74, 6) is -0.376. The molecular formula is C13H14F4N4O. The third-order valence-corrected chi connectivity index (χ3v) is 2.83. The lowest BCUT2D eigenvalue weighted by atomic mass is 10.2. The maximum Gasteiger partial charge on any atom is 0.280 e. The zero-order valence-corrected chi connectivity index (χ0v) is 11.9. The van der Waals surface area contributed by atoms with Crippen molar-refractivity contribution >= 4 is 11.6 Å². The minimum atomic E-state index is -3.02. The van der Waals surface area contributed by atoms with Crippen molar-refractivity contribution in [1.29, 1.82) is 0 Å². The lowest BCUT2D eigenvalue weighted by Gasteiger charge is -2.06. The topological polar surface area (TPSA) is 59.3 Å². The minimum absolute atomic E-state index is 0.151. The molecular weight excluding hydrogens is 304 g/mol. The SMILES string of the molecule is CC(C)CNC(=O)c1cc2nc(C(F)F)cc(C(F)F)n2n1. The van der Waals surface area contributed by atoms with Gasteiger partial charge in [-0.25, -0.2) is 27.1 Å². The maximum atomic E-state index is 13.0. The number of hydrogen-bond acceptors (Lipinski definition) is 3. The highest BCUT2D eigenvalue weighted by molar-refractivity contribution is 5.93. The summed E-state index contributed by atoms with van der Waals surface area (Å²) in [7, 11) is 0. The Kier molecular flexibility index (Phi) is 4.62. The Bertz CT molecular complexity index is 684. The zero-order chi connectivity index (χ0) is 16.4. The van der Waals surface area contributed by atoms with E-state index in [0.29, 0.717) is 17.1 Å². The van der Waals surface area contributed by atoms with Gasteiger partial charge in [0.15, 0.2) is 11.3 Å². The number of nitrogens with one attached hydrogen (secondary N) is 1. The summed E-state index contributed by atoms with van der Waals surface area (Å²) in [6.07, 6.45) is -6.01. The average Bonchev–Trinajstić information content (AvgIpc) is 2.86. The molecule has 0 aliphatic carbocycles. The van der Waals surface area contributed by atoms with Crippen molar-refractivity contribution in [2.75, 3.05) is 6.54 Å². The first-order valence-electron chi connectivity index (χ1n) is 6.54. The molecule has 2 aromatic heterocycles. The van der Waals surface area contributed by atoms with E-state index in [1.165, 1.54) is 0 Å². The van der Waals surface area contributed by atoms with Gasteiger partial charge in [0.2, 0.25) is 0 Å². The van der Waals surface area contributed by atoms with Crippen LogP contribution >= 0.6 is 0 Å². The molecule has 2 aromatic rings. The molecule has 0 radical (unpaired) electrons. The van der Waals surface area contributed by atoms with Crippen molar-refractivity contribution in [3.05, 3.63) is 29.2 Å². The zero-order valence-electron chi connectivity index (χ0n) is 11.9. The van der Waals surface area contributed by atoms with Gasteiger partial charge in [-0.3, -0.25) is 4.79 Å². The lowest BCUT2D eigenvalue weighted by Crippen LogP contribution is -2.27. The standard InChI is InChI=1S/C13H14F4N4O/c1-6(2)5-18-13(22)8-4-10-19-7(11(14)15)3-9(12(16)17)21(10)20-8/h3-4,6,11-12H,5H2,1-2H3,(H,18,22). The molecule has 0 unspecified atom stereocenters. The van der Waals surface area contributed by atoms with Crippen LogP contribution in [0.15, 0.2) is 12.1 Å². The molecule has 0 aromatic carbocycles. The fraction of sp³-hybridized carbons (Fsp3) is 0.462. The second-order valence-corrected chi connectivity index (χ2v) is 5.11. The van der Waals surface area contributed by atoms with Crippen LogP contribution in [0.5, 0.6) is 0 Å². The molecule has 0 bridgehead atoms. The summed E-state index contributed by atoms with van der Waals surface area (Å²) in [6.45, 7) is 4.15. The largest absolute Gasteiger partial charge is 0.350 e. The molecule has 0 aliphatic rings. The van der Waals surface area contributed by atoms with Crippen LogP contribution < -0.4 is 5.32 Å². The molecule has 2 rings (SSSR count). The Morgan fingerprint density at radius 3 is 2.45 bits per heavy atom. The summed E-state index contributed by atoms with van der Waals surface area (Å²) >= 11 is 0. The van der Waals surface area contributed by atoms with E-state index in [-0.39, 0.29) is 17.3 Å². The summed E-state index contributed by atoms with van der Waals surface area (Å²) in [5.41, 5.74) is -1.88. The number of alkyl halides is 4. The number of fused-ring (bicyclic) bond motifs is 1. The molecule has 2 heterocycles. The number of amides is 1. The van der Waals surface area contributed by atoms with E-state index < -0.39 is 30.1 Å². The van der Waals surface area contributed by atoms with Crippen LogP contribution in [-0.2, 0) is 0 Å². The average molecular weight is 318 g/mol. The van der Waals surface area contributed by atoms with Crippen LogP contribution in [0.4, 0.5) is 17.6 Å². The summed E-state index contributed by atoms with van der Waals surface area (Å²) in [4.78, 5) is 15.4. The molecule has 0 saturated heterocycles. The normalized spacial score (nSPS) is 11.9. The van der Waals surface area contributed by atoms with Gasteiger partial charge in [-0.2, -0.15) is 5.10 Å². The highest BCUT2D eigenvalue weighted by atomic mass is 19.3. The highest BCUT2D eigenvalue weighted by Crippen LogP contribution is 2.25. The molecule has 0 saturated carbocycles. The van der Waals surface area contributed by atoms with Crippen LogP contribution in [0.25, 0.3) is 5.65 Å². The number of rotatable bonds is 5. The van der Waals surface area contributed by atoms with Crippen LogP contribution in [0.2, 0.25) is 0 Å². The number of nitrogens with zero attached hydrogens (tertiary/aromatic N) is 3. The molecule has 22 heavy (non-hydrogen) atoms. The second-order valence-electron chi connectivity index (χ2n) is 5.11. The van der Waals surface area contributed by atoms with E-state index in [9.17, 15) is 22.4 Å². The Labute approximate surface area is 123 Å². The summed E-state index contributed by atoms with van der Waals surface area (Å²) < 4.78 is 52.0. The Balaban J connectivity index is 2.44. The van der Waals surface area contributed by atoms with E-state index in [2.05, 4.69) is 15.4 Å². The van der Waals surface area contributed by atoms with E-state index >= 15 is 0 Å². The van der Waals surface area contributed by atoms with Crippen molar-refractivity contribution in [2.24, 2.45) is 5.92 Å². The minimum Gasteiger partial charge on any atom is -0.350 e. The van der Waals surface area contributed by atoms with Gasteiger partial charge < -0.3 is 5.32 Å². The monoisotopic (exact) mass is 318 g/mol. The van der Waals surface area contributed by atoms with Crippen molar-refractivity contribution < 1.29 is 22.4 Å². The highest BCUT2D eigenvalue weighted by Gasteiger charge is 2.21. The van der Waals surface area contributed by atoms with Crippen molar-refractivity contribution in [2.45, 2.75) is 26.7 Å². The quantitative estimate of drug-likeness (QED) is 0.862. The summed E-state index contributed by atoms with van der Waals surface area (Å²) in [6, 6.07) is 1.69. The molecule has 0 spiro atoms. The Morgan fingerprint density at radius 1 is 1.23 bits per heavy atom. The van der Waals surface area contributed by atoms with E-state index in [0.717, 1.165) is 6.07 Å². The van der Waals surface area contributed by atoms with Crippen molar-refractivity contribution in [3.8, 4) is 0 Å². The fourth-order valence-corrected chi connectivity index (χ4v) is 1.78. The first-order chi connectivity index (χ1) is 10.3. The first kappa shape index (κ1) is 16.2. The molecule has 1 N–H and O–H groups in total. The molecule has 1 amide bonds. The molecule has 120 valence electrons. The van der Waals surface area contributed by atoms with E-state index in [1.807, 2.05) is 13.8 Å². The Morgan fingerprint density at radius 2 is 1.91 bits per heavy atom. The van der Waals surface area contributed by atoms with Crippen LogP contribution in [0.3, 0.4) is 0 Å². The lowest BCUT2D eigenvalue weighted by molar-refractivity contribution is 0.0942. The van der Waals surface area contributed by atoms with Crippen LogP contribution in [-0.4, -0.2) is 27.0 Å². The Hall–Kier alpha value is -2.19. The smallest absolute Gasteiger partial charge is 0.280 e. The molecule has 5 nitrogen and oxygen atoms in total. The number of halogens is 4. The number of carbonyl (C=O) groups is 1. The molecule has 0 atom stereocenters. The van der Waals surface area contributed by atoms with E-state index in [1.54, 1.807) is 0 Å². The van der Waals surface area contributed by atoms with Gasteiger partial charge in [-0.05, 0) is 12.0 Å². The maximum absolute atomic E-state index is 13.0. The van der Waals surface area contributed by atoms with Gasteiger partial charge in [0.05, 0.1) is 0 Å². The van der Waals surface area contributed by atoms with Crippen molar-refractivity contribution in [1.82, 2.24) is 19.9 Å². The summed E-state index contributed by atoms with van der Waals surface area (Å²) in [5, 5.41) is 6.30. The van der Waals surface area contributed by atoms with Gasteiger partial charge in [-0.15, -0.1) is 0 Å². The van der Waals surface area contributed by atoms with Gasteiger partial charge in [0.1, 0.15) is 11.4 Å². The van der Waals surface area contributed by atoms with Gasteiger partial charge >= 0.3 is 0 Å². The molecule has 0 aliphatic heterocycles. The van der Waals surface area contributed by atoms with Crippen molar-refractivity contribution in [3.63, 3.8) is 0 Å². The predicted molar refractivity (Wildman–Crippen MR) is 70.1 cm³/mol. The first-order valence-corrected chi connectivity index (χ1v) is 6.54. The van der Waals surface area contributed by atoms with Crippen LogP contribution in [0, 0.1) is 5.92 Å². The number of hydrogen-bond donors (Lipinski definition) is 1. The van der Waals surface area contributed by atoms with Gasteiger partial charge in [0.25, 0.3) is 18.8 Å². The number of aromatic nitrogens is 3. The second kappa shape index (κ2) is 6.29. The molecule has 0 fully saturated rings. The van der Waals surface area contributed by atoms with Gasteiger partial charge in [-0.1, -0.05) is 13.8 Å². The predicted octanol–water partition coefficient (Wildman–Crippen LogP) is 2.99. The third kappa shape index (κ3) is 3.34. The molecule has 9 heteroatoms. The third-order valence-electron chi connectivity index (χ3n) is 2.83. The fourth-order valence-electron chi connectivity index (χ4n) is 1.78. The van der Waals surface area contributed by atoms with E-state index in [4.69, 9.17) is 0 Å². The number of carbonyl (C=O) groups excluding carboxylic acids is 1.